The van der Waals surface area contributed by atoms with Crippen molar-refractivity contribution in [1.29, 1.82) is 0 Å². The SMILES string of the molecule is C[C@H](C(=O)NCCc1ccc(S(N)(=O)=O)cc1)N1CCN(Cc2cccc3ccccc23)CC1. The summed E-state index contributed by atoms with van der Waals surface area (Å²) in [6.45, 7) is 6.94. The number of fused-ring (bicyclic) bond motifs is 1. The van der Waals surface area contributed by atoms with Crippen molar-refractivity contribution in [2.75, 3.05) is 32.7 Å². The van der Waals surface area contributed by atoms with Crippen molar-refractivity contribution in [2.24, 2.45) is 5.14 Å². The second-order valence-electron chi connectivity index (χ2n) is 8.86. The summed E-state index contributed by atoms with van der Waals surface area (Å²) >= 11 is 0. The lowest BCUT2D eigenvalue weighted by Crippen LogP contribution is -2.53. The maximum atomic E-state index is 12.7. The van der Waals surface area contributed by atoms with Crippen LogP contribution in [0.25, 0.3) is 10.8 Å². The highest BCUT2D eigenvalue weighted by molar-refractivity contribution is 7.89. The van der Waals surface area contributed by atoms with E-state index in [-0.39, 0.29) is 16.8 Å². The van der Waals surface area contributed by atoms with Gasteiger partial charge >= 0.3 is 0 Å². The van der Waals surface area contributed by atoms with E-state index in [2.05, 4.69) is 57.6 Å². The third-order valence-corrected chi connectivity index (χ3v) is 7.50. The van der Waals surface area contributed by atoms with E-state index in [0.29, 0.717) is 13.0 Å². The molecular weight excluding hydrogens is 448 g/mol. The lowest BCUT2D eigenvalue weighted by atomic mass is 10.0. The van der Waals surface area contributed by atoms with Gasteiger partial charge in [0.2, 0.25) is 15.9 Å². The van der Waals surface area contributed by atoms with E-state index < -0.39 is 10.0 Å². The number of rotatable bonds is 8. The Hall–Kier alpha value is -2.78. The minimum absolute atomic E-state index is 0.0173. The minimum Gasteiger partial charge on any atom is -0.354 e. The smallest absolute Gasteiger partial charge is 0.238 e. The van der Waals surface area contributed by atoms with Crippen molar-refractivity contribution in [1.82, 2.24) is 15.1 Å². The summed E-state index contributed by atoms with van der Waals surface area (Å²) in [6.07, 6.45) is 0.627. The van der Waals surface area contributed by atoms with E-state index in [1.807, 2.05) is 6.92 Å². The molecular formula is C26H32N4O3S. The first-order valence-corrected chi connectivity index (χ1v) is 13.2. The fraction of sp³-hybridized carbons (Fsp3) is 0.346. The molecule has 0 aromatic heterocycles. The Kier molecular flexibility index (Phi) is 7.63. The van der Waals surface area contributed by atoms with E-state index in [9.17, 15) is 13.2 Å². The molecule has 0 bridgehead atoms. The third kappa shape index (κ3) is 6.01. The van der Waals surface area contributed by atoms with Crippen LogP contribution < -0.4 is 10.5 Å². The zero-order valence-corrected chi connectivity index (χ0v) is 20.3. The highest BCUT2D eigenvalue weighted by Gasteiger charge is 2.25. The van der Waals surface area contributed by atoms with Gasteiger partial charge in [-0.25, -0.2) is 13.6 Å². The number of hydrogen-bond donors (Lipinski definition) is 2. The van der Waals surface area contributed by atoms with Gasteiger partial charge in [0, 0.05) is 39.3 Å². The molecule has 1 aliphatic heterocycles. The summed E-state index contributed by atoms with van der Waals surface area (Å²) in [5.41, 5.74) is 2.29. The van der Waals surface area contributed by atoms with Gasteiger partial charge in [-0.1, -0.05) is 54.6 Å². The molecule has 1 aliphatic rings. The van der Waals surface area contributed by atoms with Gasteiger partial charge in [-0.15, -0.1) is 0 Å². The quantitative estimate of drug-likeness (QED) is 0.516. The van der Waals surface area contributed by atoms with E-state index in [1.54, 1.807) is 12.1 Å². The Morgan fingerprint density at radius 3 is 2.35 bits per heavy atom. The van der Waals surface area contributed by atoms with Crippen LogP contribution in [0.5, 0.6) is 0 Å². The van der Waals surface area contributed by atoms with Crippen LogP contribution in [-0.4, -0.2) is 62.9 Å². The molecule has 180 valence electrons. The Morgan fingerprint density at radius 1 is 0.971 bits per heavy atom. The van der Waals surface area contributed by atoms with E-state index in [0.717, 1.165) is 38.3 Å². The molecule has 3 N–H and O–H groups in total. The molecule has 1 atom stereocenters. The van der Waals surface area contributed by atoms with Crippen LogP contribution in [0.15, 0.2) is 71.6 Å². The molecule has 3 aromatic carbocycles. The normalized spacial score (nSPS) is 16.4. The van der Waals surface area contributed by atoms with Crippen LogP contribution in [0.2, 0.25) is 0 Å². The second-order valence-corrected chi connectivity index (χ2v) is 10.4. The number of carbonyl (C=O) groups excluding carboxylic acids is 1. The first kappa shape index (κ1) is 24.3. The van der Waals surface area contributed by atoms with Crippen molar-refractivity contribution < 1.29 is 13.2 Å². The van der Waals surface area contributed by atoms with Crippen LogP contribution in [0.3, 0.4) is 0 Å². The van der Waals surface area contributed by atoms with E-state index in [1.165, 1.54) is 28.5 Å². The summed E-state index contributed by atoms with van der Waals surface area (Å²) in [4.78, 5) is 17.5. The van der Waals surface area contributed by atoms with Crippen LogP contribution >= 0.6 is 0 Å². The lowest BCUT2D eigenvalue weighted by Gasteiger charge is -2.37. The van der Waals surface area contributed by atoms with Crippen LogP contribution in [0.4, 0.5) is 0 Å². The highest BCUT2D eigenvalue weighted by atomic mass is 32.2. The van der Waals surface area contributed by atoms with Crippen molar-refractivity contribution in [2.45, 2.75) is 30.8 Å². The molecule has 8 heteroatoms. The predicted octanol–water partition coefficient (Wildman–Crippen LogP) is 2.35. The van der Waals surface area contributed by atoms with Crippen molar-refractivity contribution in [3.05, 3.63) is 77.9 Å². The standard InChI is InChI=1S/C26H32N4O3S/c1-20(26(31)28-14-13-21-9-11-24(12-10-21)34(27,32)33)30-17-15-29(16-18-30)19-23-7-4-6-22-5-2-3-8-25(22)23/h2-12,20H,13-19H2,1H3,(H,28,31)(H2,27,32,33)/t20-/m1/s1. The number of sulfonamides is 1. The number of amides is 1. The first-order chi connectivity index (χ1) is 16.3. The van der Waals surface area contributed by atoms with Gasteiger partial charge in [0.1, 0.15) is 0 Å². The summed E-state index contributed by atoms with van der Waals surface area (Å²) in [5, 5.41) is 10.7. The van der Waals surface area contributed by atoms with Gasteiger partial charge in [0.25, 0.3) is 0 Å². The van der Waals surface area contributed by atoms with Gasteiger partial charge < -0.3 is 5.32 Å². The number of nitrogens with zero attached hydrogens (tertiary/aromatic N) is 2. The molecule has 0 unspecified atom stereocenters. The van der Waals surface area contributed by atoms with Crippen LogP contribution in [-0.2, 0) is 27.8 Å². The monoisotopic (exact) mass is 480 g/mol. The van der Waals surface area contributed by atoms with Gasteiger partial charge in [0.05, 0.1) is 10.9 Å². The summed E-state index contributed by atoms with van der Waals surface area (Å²) < 4.78 is 22.7. The van der Waals surface area contributed by atoms with E-state index >= 15 is 0 Å². The fourth-order valence-corrected chi connectivity index (χ4v) is 4.98. The molecule has 1 fully saturated rings. The van der Waals surface area contributed by atoms with Gasteiger partial charge in [0.15, 0.2) is 0 Å². The molecule has 0 radical (unpaired) electrons. The van der Waals surface area contributed by atoms with Crippen molar-refractivity contribution >= 4 is 26.7 Å². The molecule has 4 rings (SSSR count). The topological polar surface area (TPSA) is 95.7 Å². The van der Waals surface area contributed by atoms with Crippen molar-refractivity contribution in [3.63, 3.8) is 0 Å². The van der Waals surface area contributed by atoms with Gasteiger partial charge in [-0.2, -0.15) is 0 Å². The third-order valence-electron chi connectivity index (χ3n) is 6.57. The molecule has 3 aromatic rings. The average Bonchev–Trinajstić information content (AvgIpc) is 2.84. The zero-order chi connectivity index (χ0) is 24.1. The molecule has 34 heavy (non-hydrogen) atoms. The Morgan fingerprint density at radius 2 is 1.65 bits per heavy atom. The van der Waals surface area contributed by atoms with Crippen molar-refractivity contribution in [3.8, 4) is 0 Å². The Bertz CT molecular complexity index is 1230. The van der Waals surface area contributed by atoms with Gasteiger partial charge in [-0.05, 0) is 47.4 Å². The maximum Gasteiger partial charge on any atom is 0.238 e. The summed E-state index contributed by atoms with van der Waals surface area (Å²) in [7, 11) is -3.69. The van der Waals surface area contributed by atoms with Crippen LogP contribution in [0.1, 0.15) is 18.1 Å². The highest BCUT2D eigenvalue weighted by Crippen LogP contribution is 2.21. The molecule has 0 saturated carbocycles. The number of hydrogen-bond acceptors (Lipinski definition) is 5. The van der Waals surface area contributed by atoms with E-state index in [4.69, 9.17) is 5.14 Å². The average molecular weight is 481 g/mol. The number of benzene rings is 3. The summed E-state index contributed by atoms with van der Waals surface area (Å²) in [6, 6.07) is 21.2. The Labute approximate surface area is 201 Å². The molecule has 1 saturated heterocycles. The second kappa shape index (κ2) is 10.7. The number of piperazine rings is 1. The number of nitrogens with two attached hydrogens (primary N) is 1. The predicted molar refractivity (Wildman–Crippen MR) is 135 cm³/mol. The maximum absolute atomic E-state index is 12.7. The fourth-order valence-electron chi connectivity index (χ4n) is 4.47. The molecule has 1 heterocycles. The zero-order valence-electron chi connectivity index (χ0n) is 19.5. The number of nitrogens with one attached hydrogen (secondary N) is 1. The number of primary sulfonamides is 1. The van der Waals surface area contributed by atoms with Crippen LogP contribution in [0, 0.1) is 0 Å². The summed E-state index contributed by atoms with van der Waals surface area (Å²) in [5.74, 6) is 0.0173. The molecule has 1 amide bonds. The first-order valence-electron chi connectivity index (χ1n) is 11.6. The largest absolute Gasteiger partial charge is 0.354 e. The molecule has 7 nitrogen and oxygen atoms in total. The lowest BCUT2D eigenvalue weighted by molar-refractivity contribution is -0.126. The minimum atomic E-state index is -3.69. The Balaban J connectivity index is 1.23. The number of carbonyl (C=O) groups is 1. The van der Waals surface area contributed by atoms with Gasteiger partial charge in [-0.3, -0.25) is 14.6 Å². The molecule has 0 spiro atoms. The molecule has 0 aliphatic carbocycles.